The first-order chi connectivity index (χ1) is 8.39. The van der Waals surface area contributed by atoms with Crippen LogP contribution in [0.5, 0.6) is 0 Å². The van der Waals surface area contributed by atoms with E-state index in [1.165, 1.54) is 0 Å². The van der Waals surface area contributed by atoms with Crippen molar-refractivity contribution in [1.29, 1.82) is 0 Å². The fourth-order valence-corrected chi connectivity index (χ4v) is 2.34. The first-order valence-corrected chi connectivity index (χ1v) is 7.14. The van der Waals surface area contributed by atoms with E-state index in [4.69, 9.17) is 0 Å². The van der Waals surface area contributed by atoms with Crippen LogP contribution < -0.4 is 5.32 Å². The Hall–Kier alpha value is -0.610. The Morgan fingerprint density at radius 3 is 2.50 bits per heavy atom. The molecule has 1 fully saturated rings. The van der Waals surface area contributed by atoms with Gasteiger partial charge in [-0.05, 0) is 59.5 Å². The monoisotopic (exact) mass is 256 g/mol. The molecule has 0 bridgehead atoms. The lowest BCUT2D eigenvalue weighted by Crippen LogP contribution is -2.51. The van der Waals surface area contributed by atoms with Gasteiger partial charge in [-0.15, -0.1) is 0 Å². The highest BCUT2D eigenvalue weighted by atomic mass is 16.4. The van der Waals surface area contributed by atoms with Crippen molar-refractivity contribution in [1.82, 2.24) is 10.2 Å². The summed E-state index contributed by atoms with van der Waals surface area (Å²) in [5, 5.41) is 12.6. The van der Waals surface area contributed by atoms with Crippen molar-refractivity contribution in [2.24, 2.45) is 0 Å². The molecule has 0 aromatic carbocycles. The van der Waals surface area contributed by atoms with Crippen LogP contribution in [-0.2, 0) is 4.79 Å². The predicted molar refractivity (Wildman–Crippen MR) is 73.8 cm³/mol. The normalized spacial score (nSPS) is 19.2. The van der Waals surface area contributed by atoms with E-state index in [9.17, 15) is 9.90 Å². The average Bonchev–Trinajstić information content (AvgIpc) is 3.07. The summed E-state index contributed by atoms with van der Waals surface area (Å²) in [5.41, 5.74) is -0.752. The number of carboxylic acids is 1. The predicted octanol–water partition coefficient (Wildman–Crippen LogP) is 2.09. The van der Waals surface area contributed by atoms with Crippen LogP contribution in [0.3, 0.4) is 0 Å². The topological polar surface area (TPSA) is 52.6 Å². The van der Waals surface area contributed by atoms with E-state index in [-0.39, 0.29) is 0 Å². The first kappa shape index (κ1) is 15.4. The number of carbonyl (C=O) groups is 1. The minimum absolute atomic E-state index is 0.429. The van der Waals surface area contributed by atoms with Crippen LogP contribution in [0, 0.1) is 0 Å². The van der Waals surface area contributed by atoms with Crippen molar-refractivity contribution in [2.75, 3.05) is 13.1 Å². The van der Waals surface area contributed by atoms with Crippen molar-refractivity contribution in [3.05, 3.63) is 0 Å². The summed E-state index contributed by atoms with van der Waals surface area (Å²) < 4.78 is 0. The highest BCUT2D eigenvalue weighted by Gasteiger charge is 2.37. The van der Waals surface area contributed by atoms with E-state index >= 15 is 0 Å². The number of rotatable bonds is 9. The molecule has 1 atom stereocenters. The zero-order valence-electron chi connectivity index (χ0n) is 12.2. The summed E-state index contributed by atoms with van der Waals surface area (Å²) in [6.45, 7) is 10.3. The van der Waals surface area contributed by atoms with Gasteiger partial charge in [0.05, 0.1) is 0 Å². The number of nitrogens with zero attached hydrogens (tertiary/aromatic N) is 1. The zero-order valence-corrected chi connectivity index (χ0v) is 12.2. The Morgan fingerprint density at radius 2 is 2.11 bits per heavy atom. The van der Waals surface area contributed by atoms with Gasteiger partial charge < -0.3 is 10.0 Å². The maximum Gasteiger partial charge on any atom is 0.323 e. The molecule has 0 heterocycles. The largest absolute Gasteiger partial charge is 0.480 e. The van der Waals surface area contributed by atoms with Crippen LogP contribution in [0.25, 0.3) is 0 Å². The third-order valence-electron chi connectivity index (χ3n) is 3.83. The molecule has 1 saturated carbocycles. The lowest BCUT2D eigenvalue weighted by atomic mass is 9.95. The molecular formula is C14H28N2O2. The van der Waals surface area contributed by atoms with Crippen LogP contribution in [0.1, 0.15) is 53.4 Å². The number of hydrogen-bond donors (Lipinski definition) is 2. The number of aliphatic carboxylic acids is 1. The Balaban J connectivity index is 2.39. The lowest BCUT2D eigenvalue weighted by molar-refractivity contribution is -0.144. The fourth-order valence-electron chi connectivity index (χ4n) is 2.34. The van der Waals surface area contributed by atoms with Gasteiger partial charge in [-0.3, -0.25) is 10.1 Å². The summed E-state index contributed by atoms with van der Waals surface area (Å²) in [6.07, 6.45) is 3.86. The van der Waals surface area contributed by atoms with Crippen molar-refractivity contribution in [3.63, 3.8) is 0 Å². The molecule has 18 heavy (non-hydrogen) atoms. The Bertz CT molecular complexity index is 277. The lowest BCUT2D eigenvalue weighted by Gasteiger charge is -2.29. The second-order valence-electron chi connectivity index (χ2n) is 5.88. The van der Waals surface area contributed by atoms with Gasteiger partial charge in [0.15, 0.2) is 0 Å². The van der Waals surface area contributed by atoms with E-state index in [1.807, 2.05) is 6.92 Å². The van der Waals surface area contributed by atoms with Gasteiger partial charge in [0.25, 0.3) is 0 Å². The summed E-state index contributed by atoms with van der Waals surface area (Å²) in [4.78, 5) is 13.8. The molecule has 4 nitrogen and oxygen atoms in total. The molecule has 1 unspecified atom stereocenters. The van der Waals surface area contributed by atoms with E-state index in [0.717, 1.165) is 32.4 Å². The van der Waals surface area contributed by atoms with Gasteiger partial charge in [0, 0.05) is 12.1 Å². The molecule has 0 aliphatic heterocycles. The highest BCUT2D eigenvalue weighted by Crippen LogP contribution is 2.25. The van der Waals surface area contributed by atoms with Gasteiger partial charge in [0.1, 0.15) is 5.54 Å². The van der Waals surface area contributed by atoms with Crippen molar-refractivity contribution in [2.45, 2.75) is 71.0 Å². The maximum absolute atomic E-state index is 11.4. The molecule has 0 saturated heterocycles. The molecule has 0 aromatic rings. The Morgan fingerprint density at radius 1 is 1.50 bits per heavy atom. The first-order valence-electron chi connectivity index (χ1n) is 7.14. The molecule has 1 aliphatic carbocycles. The van der Waals surface area contributed by atoms with E-state index < -0.39 is 11.5 Å². The molecular weight excluding hydrogens is 228 g/mol. The molecule has 1 aliphatic rings. The van der Waals surface area contributed by atoms with Crippen molar-refractivity contribution in [3.8, 4) is 0 Å². The molecule has 106 valence electrons. The van der Waals surface area contributed by atoms with Crippen molar-refractivity contribution >= 4 is 5.97 Å². The van der Waals surface area contributed by atoms with Crippen LogP contribution in [0.4, 0.5) is 0 Å². The second kappa shape index (κ2) is 6.53. The minimum atomic E-state index is -0.752. The summed E-state index contributed by atoms with van der Waals surface area (Å²) in [5.74, 6) is -0.720. The summed E-state index contributed by atoms with van der Waals surface area (Å²) in [6, 6.07) is 0.959. The van der Waals surface area contributed by atoms with Gasteiger partial charge in [-0.2, -0.15) is 0 Å². The van der Waals surface area contributed by atoms with E-state index in [0.29, 0.717) is 18.5 Å². The molecule has 0 amide bonds. The summed E-state index contributed by atoms with van der Waals surface area (Å²) in [7, 11) is 0. The molecule has 0 aromatic heterocycles. The van der Waals surface area contributed by atoms with Gasteiger partial charge in [0.2, 0.25) is 0 Å². The molecule has 1 rings (SSSR count). The smallest absolute Gasteiger partial charge is 0.323 e. The number of carboxylic acid groups (broad SMARTS) is 1. The average molecular weight is 256 g/mol. The van der Waals surface area contributed by atoms with Crippen molar-refractivity contribution < 1.29 is 9.90 Å². The number of nitrogens with one attached hydrogen (secondary N) is 1. The second-order valence-corrected chi connectivity index (χ2v) is 5.88. The van der Waals surface area contributed by atoms with Crippen LogP contribution >= 0.6 is 0 Å². The third kappa shape index (κ3) is 4.58. The zero-order chi connectivity index (χ0) is 13.8. The molecule has 2 N–H and O–H groups in total. The molecule has 4 heteroatoms. The third-order valence-corrected chi connectivity index (χ3v) is 3.83. The quantitative estimate of drug-likeness (QED) is 0.663. The highest BCUT2D eigenvalue weighted by molar-refractivity contribution is 5.78. The standard InChI is InChI=1S/C14H28N2O2/c1-5-16(11(2)3)10-6-9-14(4,13(17)18)15-12-7-8-12/h11-12,15H,5-10H2,1-4H3,(H,17,18). The minimum Gasteiger partial charge on any atom is -0.480 e. The SMILES string of the molecule is CCN(CCCC(C)(NC1CC1)C(=O)O)C(C)C. The maximum atomic E-state index is 11.4. The van der Waals surface area contributed by atoms with Gasteiger partial charge >= 0.3 is 5.97 Å². The Kier molecular flexibility index (Phi) is 5.60. The van der Waals surface area contributed by atoms with Crippen LogP contribution in [0.15, 0.2) is 0 Å². The Labute approximate surface area is 111 Å². The molecule has 0 spiro atoms. The van der Waals surface area contributed by atoms with E-state index in [1.54, 1.807) is 0 Å². The van der Waals surface area contributed by atoms with Gasteiger partial charge in [-0.25, -0.2) is 0 Å². The molecule has 0 radical (unpaired) electrons. The fraction of sp³-hybridized carbons (Fsp3) is 0.929. The number of hydrogen-bond acceptors (Lipinski definition) is 3. The van der Waals surface area contributed by atoms with Crippen LogP contribution in [-0.4, -0.2) is 46.7 Å². The van der Waals surface area contributed by atoms with E-state index in [2.05, 4.69) is 31.0 Å². The van der Waals surface area contributed by atoms with Gasteiger partial charge in [-0.1, -0.05) is 6.92 Å². The summed E-state index contributed by atoms with van der Waals surface area (Å²) >= 11 is 0. The van der Waals surface area contributed by atoms with Crippen LogP contribution in [0.2, 0.25) is 0 Å².